The molecule has 1 heterocycles. The highest BCUT2D eigenvalue weighted by atomic mass is 16.6. The van der Waals surface area contributed by atoms with Crippen LogP contribution in [0, 0.1) is 22.7 Å². The van der Waals surface area contributed by atoms with Gasteiger partial charge < -0.3 is 53.6 Å². The van der Waals surface area contributed by atoms with Gasteiger partial charge >= 0.3 is 42.0 Å². The van der Waals surface area contributed by atoms with Gasteiger partial charge in [-0.1, -0.05) is 92.7 Å². The summed E-state index contributed by atoms with van der Waals surface area (Å²) in [5.74, 6) is -7.24. The number of alkyl carbamates (subject to hydrolysis) is 2. The number of amides is 2. The molecule has 1 aliphatic heterocycles. The number of ketones is 1. The SMILES string of the molecule is CC(=O)O[C@H]1C(=O)[C@]23C[C@H]2C[C@H]2OC[C@@]2(OC(C)=O)[C@H]3[C@H](OC(=O)c2ccccc2)[C@]2(O)CC(OC(=O)[C@H](OC(=O)CNC(=O)OCc3ccccc3)[C@@H](NC(=O)OC(C)(C)C)c3ccccc3)C(C)=C1C2(C)C. The summed E-state index contributed by atoms with van der Waals surface area (Å²) in [6.45, 7) is 10.7. The van der Waals surface area contributed by atoms with Gasteiger partial charge in [0.05, 0.1) is 18.1 Å². The van der Waals surface area contributed by atoms with Crippen LogP contribution in [-0.4, -0.2) is 113 Å². The van der Waals surface area contributed by atoms with E-state index in [1.54, 1.807) is 120 Å². The molecule has 1 saturated heterocycles. The second-order valence-electron chi connectivity index (χ2n) is 21.2. The number of ether oxygens (including phenoxy) is 8. The molecule has 3 aromatic carbocycles. The van der Waals surface area contributed by atoms with Crippen LogP contribution < -0.4 is 10.6 Å². The molecule has 0 aromatic heterocycles. The maximum atomic E-state index is 15.7. The minimum absolute atomic E-state index is 0.0512. The molecule has 1 unspecified atom stereocenters. The van der Waals surface area contributed by atoms with Crippen molar-refractivity contribution in [1.82, 2.24) is 10.6 Å². The Labute approximate surface area is 427 Å². The summed E-state index contributed by atoms with van der Waals surface area (Å²) in [5, 5.41) is 18.9. The van der Waals surface area contributed by atoms with E-state index in [1.807, 2.05) is 0 Å². The second-order valence-corrected chi connectivity index (χ2v) is 21.2. The molecule has 394 valence electrons. The number of carbonyl (C=O) groups is 8. The second kappa shape index (κ2) is 20.3. The van der Waals surface area contributed by atoms with Gasteiger partial charge in [-0.2, -0.15) is 0 Å². The number of hydrogen-bond acceptors (Lipinski definition) is 17. The Hall–Kier alpha value is -7.12. The number of esters is 5. The van der Waals surface area contributed by atoms with Crippen molar-refractivity contribution in [1.29, 1.82) is 0 Å². The number of nitrogens with one attached hydrogen (secondary N) is 2. The van der Waals surface area contributed by atoms with E-state index in [0.29, 0.717) is 5.56 Å². The zero-order valence-corrected chi connectivity index (χ0v) is 42.5. The first-order valence-corrected chi connectivity index (χ1v) is 24.5. The quantitative estimate of drug-likeness (QED) is 0.0958. The third-order valence-electron chi connectivity index (χ3n) is 15.0. The summed E-state index contributed by atoms with van der Waals surface area (Å²) in [4.78, 5) is 112. The van der Waals surface area contributed by atoms with Gasteiger partial charge in [0, 0.05) is 31.1 Å². The molecule has 74 heavy (non-hydrogen) atoms. The number of Topliss-reactive ketones (excluding diaryl/α,β-unsaturated/α-hetero) is 1. The lowest BCUT2D eigenvalue weighted by atomic mass is 9.48. The fourth-order valence-electron chi connectivity index (χ4n) is 11.6. The van der Waals surface area contributed by atoms with E-state index in [-0.39, 0.29) is 48.3 Å². The van der Waals surface area contributed by atoms with Crippen LogP contribution in [0.5, 0.6) is 0 Å². The molecule has 11 atom stereocenters. The third-order valence-corrected chi connectivity index (χ3v) is 15.0. The average molecular weight is 1020 g/mol. The number of carbonyl (C=O) groups excluding carboxylic acids is 8. The van der Waals surface area contributed by atoms with Crippen LogP contribution >= 0.6 is 0 Å². The Morgan fingerprint density at radius 1 is 0.824 bits per heavy atom. The highest BCUT2D eigenvalue weighted by Crippen LogP contribution is 2.74. The standard InChI is InChI=1S/C55H62N2O17/c1-30-37(70-48(63)43(41(34-20-14-10-15-21-34)57-50(65)74-51(4,5)6)71-39(60)27-56-49(64)67-28-33-18-12-9-13-19-33)26-55(66)46(72-47(62)35-22-16-11-17-23-35)44-53(45(61)42(69-31(2)58)40(30)52(55,7)8)25-36(53)24-38-54(44,29-68-38)73-32(3)59/h9-23,36-38,41-44,46,66H,24-29H2,1-8H3,(H,56,64)(H,57,65)/t36-,37?,38-,41+,42-,43-,44+,46+,53-,54+,55-/m1/s1. The predicted molar refractivity (Wildman–Crippen MR) is 258 cm³/mol. The van der Waals surface area contributed by atoms with Crippen molar-refractivity contribution in [2.24, 2.45) is 22.7 Å². The van der Waals surface area contributed by atoms with Crippen LogP contribution in [0.4, 0.5) is 9.59 Å². The molecule has 0 radical (unpaired) electrons. The Balaban J connectivity index is 1.22. The fraction of sp³-hybridized carbons (Fsp3) is 0.491. The summed E-state index contributed by atoms with van der Waals surface area (Å²) in [7, 11) is 0. The van der Waals surface area contributed by atoms with Gasteiger partial charge in [-0.05, 0) is 80.9 Å². The number of rotatable bonds is 14. The molecule has 19 heteroatoms. The van der Waals surface area contributed by atoms with Crippen LogP contribution in [-0.2, 0) is 68.5 Å². The van der Waals surface area contributed by atoms with Gasteiger partial charge in [0.15, 0.2) is 17.5 Å². The molecule has 3 aromatic rings. The van der Waals surface area contributed by atoms with Gasteiger partial charge in [0.2, 0.25) is 6.10 Å². The van der Waals surface area contributed by atoms with Crippen molar-refractivity contribution < 1.29 is 81.4 Å². The number of hydrogen-bond donors (Lipinski definition) is 3. The minimum Gasteiger partial charge on any atom is -0.455 e. The molecule has 3 saturated carbocycles. The molecular weight excluding hydrogens is 961 g/mol. The third kappa shape index (κ3) is 10.1. The van der Waals surface area contributed by atoms with E-state index in [1.165, 1.54) is 19.1 Å². The lowest BCUT2D eigenvalue weighted by molar-refractivity contribution is -0.323. The first-order chi connectivity index (χ1) is 34.9. The van der Waals surface area contributed by atoms with Gasteiger partial charge in [-0.15, -0.1) is 0 Å². The normalized spacial score (nSPS) is 29.0. The van der Waals surface area contributed by atoms with Crippen molar-refractivity contribution >= 4 is 47.8 Å². The minimum atomic E-state index is -2.37. The number of fused-ring (bicyclic) bond motifs is 4. The Bertz CT molecular complexity index is 2720. The zero-order chi connectivity index (χ0) is 53.5. The molecular formula is C55H62N2O17. The summed E-state index contributed by atoms with van der Waals surface area (Å²) in [6.07, 6.45) is -9.91. The Morgan fingerprint density at radius 2 is 1.46 bits per heavy atom. The highest BCUT2D eigenvalue weighted by molar-refractivity contribution is 5.98. The van der Waals surface area contributed by atoms with Gasteiger partial charge in [0.1, 0.15) is 48.7 Å². The summed E-state index contributed by atoms with van der Waals surface area (Å²) in [5.41, 5.74) is -6.93. The largest absolute Gasteiger partial charge is 0.455 e. The van der Waals surface area contributed by atoms with E-state index in [0.717, 1.165) is 6.92 Å². The monoisotopic (exact) mass is 1020 g/mol. The molecule has 4 aliphatic carbocycles. The van der Waals surface area contributed by atoms with Crippen molar-refractivity contribution in [2.75, 3.05) is 13.2 Å². The van der Waals surface area contributed by atoms with Crippen molar-refractivity contribution in [3.05, 3.63) is 119 Å². The van der Waals surface area contributed by atoms with E-state index in [2.05, 4.69) is 10.6 Å². The van der Waals surface area contributed by atoms with Gasteiger partial charge in [-0.25, -0.2) is 19.2 Å². The van der Waals surface area contributed by atoms with E-state index in [9.17, 15) is 33.9 Å². The first-order valence-electron chi connectivity index (χ1n) is 24.5. The maximum Gasteiger partial charge on any atom is 0.408 e. The van der Waals surface area contributed by atoms with Crippen LogP contribution in [0.3, 0.4) is 0 Å². The topological polar surface area (TPSA) is 255 Å². The zero-order valence-electron chi connectivity index (χ0n) is 42.5. The van der Waals surface area contributed by atoms with E-state index >= 15 is 9.59 Å². The lowest BCUT2D eigenvalue weighted by Crippen LogP contribution is -2.78. The Morgan fingerprint density at radius 3 is 2.05 bits per heavy atom. The smallest absolute Gasteiger partial charge is 0.408 e. The molecule has 8 rings (SSSR count). The molecule has 4 fully saturated rings. The molecule has 19 nitrogen and oxygen atoms in total. The van der Waals surface area contributed by atoms with Crippen LogP contribution in [0.25, 0.3) is 0 Å². The van der Waals surface area contributed by atoms with E-state index in [4.69, 9.17) is 37.9 Å². The number of aliphatic hydroxyl groups is 1. The molecule has 5 aliphatic rings. The predicted octanol–water partition coefficient (Wildman–Crippen LogP) is 5.95. The van der Waals surface area contributed by atoms with E-state index < -0.39 is 137 Å². The number of benzene rings is 3. The highest BCUT2D eigenvalue weighted by Gasteiger charge is 2.84. The molecule has 2 bridgehead atoms. The summed E-state index contributed by atoms with van der Waals surface area (Å²) in [6, 6.07) is 23.2. The molecule has 3 N–H and O–H groups in total. The first kappa shape index (κ1) is 53.2. The van der Waals surface area contributed by atoms with Crippen molar-refractivity contribution in [3.8, 4) is 0 Å². The Kier molecular flexibility index (Phi) is 14.6. The molecule has 2 amide bonds. The van der Waals surface area contributed by atoms with Crippen LogP contribution in [0.2, 0.25) is 0 Å². The van der Waals surface area contributed by atoms with Crippen LogP contribution in [0.15, 0.2) is 102 Å². The summed E-state index contributed by atoms with van der Waals surface area (Å²) >= 11 is 0. The maximum absolute atomic E-state index is 15.7. The van der Waals surface area contributed by atoms with Crippen molar-refractivity contribution in [2.45, 2.75) is 135 Å². The van der Waals surface area contributed by atoms with Crippen LogP contribution in [0.1, 0.15) is 102 Å². The molecule has 1 spiro atoms. The summed E-state index contributed by atoms with van der Waals surface area (Å²) < 4.78 is 47.8. The lowest BCUT2D eigenvalue weighted by Gasteiger charge is -2.64. The van der Waals surface area contributed by atoms with Gasteiger partial charge in [0.25, 0.3) is 0 Å². The van der Waals surface area contributed by atoms with Crippen molar-refractivity contribution in [3.63, 3.8) is 0 Å². The van der Waals surface area contributed by atoms with Gasteiger partial charge in [-0.3, -0.25) is 19.2 Å². The average Bonchev–Trinajstić information content (AvgIpc) is 4.07. The fourth-order valence-corrected chi connectivity index (χ4v) is 11.6.